The largest absolute Gasteiger partial charge is 0.494 e. The molecule has 1 amide bonds. The number of rotatable bonds is 6. The van der Waals surface area contributed by atoms with Crippen molar-refractivity contribution in [2.24, 2.45) is 0 Å². The summed E-state index contributed by atoms with van der Waals surface area (Å²) in [5, 5.41) is 9.71. The molecule has 38 heavy (non-hydrogen) atoms. The lowest BCUT2D eigenvalue weighted by atomic mass is 10.1. The molecule has 1 aliphatic heterocycles. The number of nitrogens with zero attached hydrogens (tertiary/aromatic N) is 5. The summed E-state index contributed by atoms with van der Waals surface area (Å²) in [5.41, 5.74) is 1.43. The highest BCUT2D eigenvalue weighted by Gasteiger charge is 2.23. The van der Waals surface area contributed by atoms with Crippen LogP contribution in [-0.2, 0) is 4.74 Å². The summed E-state index contributed by atoms with van der Waals surface area (Å²) in [4.78, 5) is 26.7. The number of ether oxygens (including phenoxy) is 3. The summed E-state index contributed by atoms with van der Waals surface area (Å²) in [6, 6.07) is 8.39. The number of pyridine rings is 3. The van der Waals surface area contributed by atoms with E-state index in [1.165, 1.54) is 18.2 Å². The van der Waals surface area contributed by atoms with Gasteiger partial charge in [-0.1, -0.05) is 0 Å². The molecule has 5 heterocycles. The number of halogens is 1. The number of nitriles is 1. The van der Waals surface area contributed by atoms with Crippen LogP contribution in [-0.4, -0.2) is 66.3 Å². The maximum Gasteiger partial charge on any atom is 0.255 e. The Labute approximate surface area is 217 Å². The Balaban J connectivity index is 1.55. The van der Waals surface area contributed by atoms with Crippen molar-refractivity contribution < 1.29 is 27.8 Å². The molecule has 0 atom stereocenters. The molecule has 0 saturated carbocycles. The maximum atomic E-state index is 15.1. The van der Waals surface area contributed by atoms with Crippen molar-refractivity contribution >= 4 is 17.0 Å². The summed E-state index contributed by atoms with van der Waals surface area (Å²) >= 11 is 0. The highest BCUT2D eigenvalue weighted by molar-refractivity contribution is 5.95. The predicted octanol–water partition coefficient (Wildman–Crippen LogP) is 4.23. The number of fused-ring (bicyclic) bond motifs is 1. The van der Waals surface area contributed by atoms with Gasteiger partial charge in [-0.3, -0.25) is 4.79 Å². The normalized spacial score (nSPS) is 13.8. The molecule has 0 aliphatic carbocycles. The molecule has 10 nitrogen and oxygen atoms in total. The number of aromatic nitrogens is 3. The molecule has 0 spiro atoms. The smallest absolute Gasteiger partial charge is 0.255 e. The zero-order valence-electron chi connectivity index (χ0n) is 21.0. The molecule has 0 radical (unpaired) electrons. The third kappa shape index (κ3) is 4.73. The number of methoxy groups -OCH3 is 1. The zero-order valence-corrected chi connectivity index (χ0v) is 21.0. The van der Waals surface area contributed by atoms with Gasteiger partial charge in [0.1, 0.15) is 29.1 Å². The maximum absolute atomic E-state index is 15.1. The van der Waals surface area contributed by atoms with Crippen molar-refractivity contribution in [3.63, 3.8) is 0 Å². The van der Waals surface area contributed by atoms with Crippen LogP contribution >= 0.6 is 0 Å². The number of furan rings is 1. The van der Waals surface area contributed by atoms with Gasteiger partial charge in [-0.2, -0.15) is 5.26 Å². The molecular weight excluding hydrogens is 493 g/mol. The number of carbonyl (C=O) groups is 1. The molecule has 0 bridgehead atoms. The quantitative estimate of drug-likeness (QED) is 0.369. The summed E-state index contributed by atoms with van der Waals surface area (Å²) in [6.45, 7) is 1.18. The average Bonchev–Trinajstić information content (AvgIpc) is 3.37. The van der Waals surface area contributed by atoms with Crippen LogP contribution in [0.2, 0.25) is 0 Å². The van der Waals surface area contributed by atoms with E-state index in [0.717, 1.165) is 6.20 Å². The molecule has 4 aromatic heterocycles. The van der Waals surface area contributed by atoms with Gasteiger partial charge in [0, 0.05) is 39.2 Å². The molecular formula is C27H24FN5O5. The van der Waals surface area contributed by atoms with Crippen LogP contribution < -0.4 is 9.47 Å². The van der Waals surface area contributed by atoms with Crippen LogP contribution in [0.25, 0.3) is 33.8 Å². The standard InChI is InChI=1S/C27H24FN5O5/c1-33(2)27(34)15-10-22(35-3)25(31-13-15)23-11-19-26(38-23)24(17(28)14-30-19)18-4-5-21(20(12-29)32-18)37-16-6-8-36-9-7-16/h4-5,10-11,13-14,16H,6-9H2,1-3H3. The van der Waals surface area contributed by atoms with E-state index in [-0.39, 0.29) is 40.3 Å². The fraction of sp³-hybridized carbons (Fsp3) is 0.296. The minimum atomic E-state index is -0.667. The van der Waals surface area contributed by atoms with Crippen LogP contribution in [0.4, 0.5) is 4.39 Å². The van der Waals surface area contributed by atoms with Gasteiger partial charge >= 0.3 is 0 Å². The second-order valence-electron chi connectivity index (χ2n) is 8.87. The van der Waals surface area contributed by atoms with E-state index < -0.39 is 5.82 Å². The van der Waals surface area contributed by atoms with Crippen molar-refractivity contribution in [2.45, 2.75) is 18.9 Å². The Morgan fingerprint density at radius 2 is 1.95 bits per heavy atom. The highest BCUT2D eigenvalue weighted by Crippen LogP contribution is 2.38. The SMILES string of the molecule is COc1cc(C(=O)N(C)C)cnc1-c1cc2ncc(F)c(-c3ccc(OC4CCOCC4)c(C#N)n3)c2o1. The third-order valence-electron chi connectivity index (χ3n) is 6.14. The molecule has 11 heteroatoms. The van der Waals surface area contributed by atoms with Gasteiger partial charge in [0.2, 0.25) is 0 Å². The first-order chi connectivity index (χ1) is 18.4. The fourth-order valence-electron chi connectivity index (χ4n) is 4.21. The number of carbonyl (C=O) groups excluding carboxylic acids is 1. The van der Waals surface area contributed by atoms with Crippen LogP contribution in [0.3, 0.4) is 0 Å². The Morgan fingerprint density at radius 3 is 2.66 bits per heavy atom. The fourth-order valence-corrected chi connectivity index (χ4v) is 4.21. The van der Waals surface area contributed by atoms with Crippen molar-refractivity contribution in [3.8, 4) is 40.3 Å². The molecule has 1 aliphatic rings. The summed E-state index contributed by atoms with van der Waals surface area (Å²) in [7, 11) is 4.73. The number of hydrogen-bond donors (Lipinski definition) is 0. The van der Waals surface area contributed by atoms with E-state index in [1.54, 1.807) is 38.4 Å². The van der Waals surface area contributed by atoms with Gasteiger partial charge in [-0.25, -0.2) is 19.3 Å². The molecule has 0 N–H and O–H groups in total. The lowest BCUT2D eigenvalue weighted by molar-refractivity contribution is 0.0253. The molecule has 0 unspecified atom stereocenters. The average molecular weight is 518 g/mol. The third-order valence-corrected chi connectivity index (χ3v) is 6.14. The van der Waals surface area contributed by atoms with Crippen LogP contribution in [0.5, 0.6) is 11.5 Å². The van der Waals surface area contributed by atoms with Gasteiger partial charge < -0.3 is 23.5 Å². The lowest BCUT2D eigenvalue weighted by Gasteiger charge is -2.23. The van der Waals surface area contributed by atoms with Crippen molar-refractivity contribution in [1.29, 1.82) is 5.26 Å². The van der Waals surface area contributed by atoms with Crippen molar-refractivity contribution in [2.75, 3.05) is 34.4 Å². The summed E-state index contributed by atoms with van der Waals surface area (Å²) < 4.78 is 37.9. The van der Waals surface area contributed by atoms with Crippen LogP contribution in [0.1, 0.15) is 28.9 Å². The molecule has 4 aromatic rings. The van der Waals surface area contributed by atoms with Crippen molar-refractivity contribution in [1.82, 2.24) is 19.9 Å². The topological polar surface area (TPSA) is 124 Å². The van der Waals surface area contributed by atoms with E-state index >= 15 is 4.39 Å². The van der Waals surface area contributed by atoms with Gasteiger partial charge in [0.05, 0.1) is 43.3 Å². The lowest BCUT2D eigenvalue weighted by Crippen LogP contribution is -2.26. The van der Waals surface area contributed by atoms with E-state index in [4.69, 9.17) is 18.6 Å². The Bertz CT molecular complexity index is 1560. The van der Waals surface area contributed by atoms with Crippen molar-refractivity contribution in [3.05, 3.63) is 53.7 Å². The minimum absolute atomic E-state index is 0.0367. The van der Waals surface area contributed by atoms with Crippen LogP contribution in [0.15, 0.2) is 41.1 Å². The first-order valence-electron chi connectivity index (χ1n) is 11.9. The number of amides is 1. The summed E-state index contributed by atoms with van der Waals surface area (Å²) in [6.07, 6.45) is 3.83. The van der Waals surface area contributed by atoms with Gasteiger partial charge in [0.15, 0.2) is 28.6 Å². The molecule has 194 valence electrons. The van der Waals surface area contributed by atoms with E-state index in [9.17, 15) is 10.1 Å². The first kappa shape index (κ1) is 25.1. The highest BCUT2D eigenvalue weighted by atomic mass is 19.1. The Morgan fingerprint density at radius 1 is 1.16 bits per heavy atom. The molecule has 0 aromatic carbocycles. The van der Waals surface area contributed by atoms with Crippen LogP contribution in [0, 0.1) is 17.1 Å². The Hall–Kier alpha value is -4.56. The van der Waals surface area contributed by atoms with E-state index in [0.29, 0.717) is 54.3 Å². The second kappa shape index (κ2) is 10.4. The summed E-state index contributed by atoms with van der Waals surface area (Å²) in [5.74, 6) is -0.00468. The van der Waals surface area contributed by atoms with Gasteiger partial charge in [0.25, 0.3) is 5.91 Å². The molecule has 1 saturated heterocycles. The monoisotopic (exact) mass is 517 g/mol. The van der Waals surface area contributed by atoms with Gasteiger partial charge in [-0.15, -0.1) is 0 Å². The molecule has 1 fully saturated rings. The second-order valence-corrected chi connectivity index (χ2v) is 8.87. The predicted molar refractivity (Wildman–Crippen MR) is 134 cm³/mol. The van der Waals surface area contributed by atoms with E-state index in [2.05, 4.69) is 15.0 Å². The number of hydrogen-bond acceptors (Lipinski definition) is 9. The van der Waals surface area contributed by atoms with E-state index in [1.807, 2.05) is 6.07 Å². The first-order valence-corrected chi connectivity index (χ1v) is 11.9. The minimum Gasteiger partial charge on any atom is -0.494 e. The Kier molecular flexibility index (Phi) is 6.89. The molecule has 5 rings (SSSR count). The zero-order chi connectivity index (χ0) is 26.8. The van der Waals surface area contributed by atoms with Gasteiger partial charge in [-0.05, 0) is 18.2 Å².